The maximum Gasteiger partial charge on any atom is 0.255 e. The average Bonchev–Trinajstić information content (AvgIpc) is 2.77. The molecule has 0 aromatic carbocycles. The largest absolute Gasteiger partial charge is 0.376 e. The van der Waals surface area contributed by atoms with Crippen LogP contribution in [0.15, 0.2) is 12.3 Å². The number of hydrogen-bond donors (Lipinski definition) is 0. The van der Waals surface area contributed by atoms with Gasteiger partial charge in [0.2, 0.25) is 0 Å². The number of amides is 1. The Morgan fingerprint density at radius 2 is 2.28 bits per heavy atom. The Hall–Kier alpha value is -0.840. The molecule has 1 fully saturated rings. The predicted molar refractivity (Wildman–Crippen MR) is 70.2 cm³/mol. The molecule has 0 saturated carbocycles. The van der Waals surface area contributed by atoms with Crippen molar-refractivity contribution in [2.45, 2.75) is 25.5 Å². The fourth-order valence-electron chi connectivity index (χ4n) is 2.15. The van der Waals surface area contributed by atoms with E-state index in [1.165, 1.54) is 12.3 Å². The molecule has 2 atom stereocenters. The number of rotatable bonds is 2. The van der Waals surface area contributed by atoms with E-state index in [1.807, 2.05) is 6.92 Å². The number of aromatic nitrogens is 1. The monoisotopic (exact) mass is 288 g/mol. The molecule has 1 aliphatic rings. The lowest BCUT2D eigenvalue weighted by Crippen LogP contribution is -2.41. The number of ether oxygens (including phenoxy) is 1. The number of carbonyl (C=O) groups excluding carboxylic acids is 1. The van der Waals surface area contributed by atoms with Crippen LogP contribution in [0.5, 0.6) is 0 Å². The summed E-state index contributed by atoms with van der Waals surface area (Å²) in [5.41, 5.74) is 0.373. The summed E-state index contributed by atoms with van der Waals surface area (Å²) in [6, 6.07) is 1.56. The summed E-state index contributed by atoms with van der Waals surface area (Å²) in [7, 11) is 1.75. The van der Waals surface area contributed by atoms with Gasteiger partial charge in [-0.3, -0.25) is 4.79 Å². The second-order valence-corrected chi connectivity index (χ2v) is 5.13. The normalized spacial score (nSPS) is 23.1. The molecule has 2 heterocycles. The minimum atomic E-state index is -0.161. The van der Waals surface area contributed by atoms with Crippen molar-refractivity contribution in [3.63, 3.8) is 0 Å². The maximum atomic E-state index is 12.3. The topological polar surface area (TPSA) is 42.4 Å². The van der Waals surface area contributed by atoms with E-state index in [9.17, 15) is 4.79 Å². The summed E-state index contributed by atoms with van der Waals surface area (Å²) in [5, 5.41) is 0.565. The number of nitrogens with zero attached hydrogens (tertiary/aromatic N) is 2. The van der Waals surface area contributed by atoms with Gasteiger partial charge in [-0.1, -0.05) is 23.2 Å². The summed E-state index contributed by atoms with van der Waals surface area (Å²) in [6.07, 6.45) is 2.26. The van der Waals surface area contributed by atoms with Crippen LogP contribution in [0.4, 0.5) is 0 Å². The Kier molecular flexibility index (Phi) is 4.10. The van der Waals surface area contributed by atoms with Crippen LogP contribution in [-0.2, 0) is 4.74 Å². The van der Waals surface area contributed by atoms with E-state index in [4.69, 9.17) is 27.9 Å². The first-order valence-electron chi connectivity index (χ1n) is 5.70. The Morgan fingerprint density at radius 3 is 2.89 bits per heavy atom. The van der Waals surface area contributed by atoms with Crippen LogP contribution in [0.1, 0.15) is 23.7 Å². The zero-order chi connectivity index (χ0) is 13.3. The molecule has 1 aliphatic heterocycles. The van der Waals surface area contributed by atoms with Crippen LogP contribution in [0.3, 0.4) is 0 Å². The highest BCUT2D eigenvalue weighted by molar-refractivity contribution is 6.35. The smallest absolute Gasteiger partial charge is 0.255 e. The van der Waals surface area contributed by atoms with Crippen LogP contribution in [-0.4, -0.2) is 41.6 Å². The predicted octanol–water partition coefficient (Wildman–Crippen LogP) is 2.64. The van der Waals surface area contributed by atoms with E-state index in [-0.39, 0.29) is 23.2 Å². The third kappa shape index (κ3) is 2.60. The molecule has 2 rings (SSSR count). The van der Waals surface area contributed by atoms with Gasteiger partial charge in [0.15, 0.2) is 0 Å². The van der Waals surface area contributed by atoms with Gasteiger partial charge in [-0.2, -0.15) is 0 Å². The van der Waals surface area contributed by atoms with E-state index in [1.54, 1.807) is 11.9 Å². The molecule has 1 aromatic heterocycles. The lowest BCUT2D eigenvalue weighted by Gasteiger charge is -2.27. The van der Waals surface area contributed by atoms with Gasteiger partial charge in [0.1, 0.15) is 5.15 Å². The molecule has 2 unspecified atom stereocenters. The van der Waals surface area contributed by atoms with Crippen molar-refractivity contribution < 1.29 is 9.53 Å². The molecule has 0 N–H and O–H groups in total. The van der Waals surface area contributed by atoms with Crippen LogP contribution in [0, 0.1) is 0 Å². The summed E-state index contributed by atoms with van der Waals surface area (Å²) in [6.45, 7) is 2.64. The Balaban J connectivity index is 2.22. The van der Waals surface area contributed by atoms with Crippen LogP contribution in [0.25, 0.3) is 0 Å². The summed E-state index contributed by atoms with van der Waals surface area (Å²) in [5.74, 6) is -0.161. The molecule has 18 heavy (non-hydrogen) atoms. The van der Waals surface area contributed by atoms with Crippen molar-refractivity contribution >= 4 is 29.1 Å². The van der Waals surface area contributed by atoms with Gasteiger partial charge in [0.05, 0.1) is 22.7 Å². The number of hydrogen-bond acceptors (Lipinski definition) is 3. The van der Waals surface area contributed by atoms with Crippen molar-refractivity contribution in [1.82, 2.24) is 9.88 Å². The molecule has 1 aromatic rings. The lowest BCUT2D eigenvalue weighted by molar-refractivity contribution is 0.0574. The van der Waals surface area contributed by atoms with Crippen molar-refractivity contribution in [3.05, 3.63) is 28.0 Å². The molecule has 98 valence electrons. The summed E-state index contributed by atoms with van der Waals surface area (Å²) in [4.78, 5) is 17.8. The first kappa shape index (κ1) is 13.6. The minimum Gasteiger partial charge on any atom is -0.376 e. The van der Waals surface area contributed by atoms with Gasteiger partial charge in [0, 0.05) is 19.9 Å². The first-order valence-corrected chi connectivity index (χ1v) is 6.46. The van der Waals surface area contributed by atoms with E-state index in [2.05, 4.69) is 4.98 Å². The van der Waals surface area contributed by atoms with Gasteiger partial charge >= 0.3 is 0 Å². The average molecular weight is 289 g/mol. The third-order valence-electron chi connectivity index (χ3n) is 3.21. The summed E-state index contributed by atoms with van der Waals surface area (Å²) >= 11 is 11.8. The van der Waals surface area contributed by atoms with Gasteiger partial charge in [-0.05, 0) is 19.4 Å². The van der Waals surface area contributed by atoms with Crippen LogP contribution < -0.4 is 0 Å². The quantitative estimate of drug-likeness (QED) is 0.786. The highest BCUT2D eigenvalue weighted by Crippen LogP contribution is 2.24. The molecular weight excluding hydrogens is 275 g/mol. The fourth-order valence-corrected chi connectivity index (χ4v) is 2.49. The molecule has 0 radical (unpaired) electrons. The van der Waals surface area contributed by atoms with Crippen molar-refractivity contribution in [2.24, 2.45) is 0 Å². The fraction of sp³-hybridized carbons (Fsp3) is 0.500. The number of halogens is 2. The zero-order valence-electron chi connectivity index (χ0n) is 10.2. The molecule has 0 aliphatic carbocycles. The molecule has 0 spiro atoms. The van der Waals surface area contributed by atoms with Crippen LogP contribution >= 0.6 is 23.2 Å². The van der Waals surface area contributed by atoms with E-state index >= 15 is 0 Å². The van der Waals surface area contributed by atoms with Gasteiger partial charge in [0.25, 0.3) is 5.91 Å². The minimum absolute atomic E-state index is 0.0371. The molecule has 6 heteroatoms. The van der Waals surface area contributed by atoms with E-state index in [0.29, 0.717) is 17.2 Å². The van der Waals surface area contributed by atoms with E-state index in [0.717, 1.165) is 6.42 Å². The van der Waals surface area contributed by atoms with Crippen LogP contribution in [0.2, 0.25) is 10.2 Å². The molecule has 1 amide bonds. The van der Waals surface area contributed by atoms with Crippen molar-refractivity contribution in [3.8, 4) is 0 Å². The second-order valence-electron chi connectivity index (χ2n) is 4.33. The number of pyridine rings is 1. The molecule has 4 nitrogen and oxygen atoms in total. The second kappa shape index (κ2) is 5.43. The van der Waals surface area contributed by atoms with Crippen molar-refractivity contribution in [1.29, 1.82) is 0 Å². The number of likely N-dealkylation sites (N-methyl/N-ethyl adjacent to an activating group) is 1. The molecule has 1 saturated heterocycles. The summed E-state index contributed by atoms with van der Waals surface area (Å²) < 4.78 is 5.46. The van der Waals surface area contributed by atoms with Gasteiger partial charge in [-0.25, -0.2) is 4.98 Å². The van der Waals surface area contributed by atoms with Crippen molar-refractivity contribution in [2.75, 3.05) is 13.7 Å². The number of carbonyl (C=O) groups is 1. The maximum absolute atomic E-state index is 12.3. The first-order chi connectivity index (χ1) is 8.50. The zero-order valence-corrected chi connectivity index (χ0v) is 11.7. The highest BCUT2D eigenvalue weighted by atomic mass is 35.5. The Bertz CT molecular complexity index is 467. The highest BCUT2D eigenvalue weighted by Gasteiger charge is 2.31. The van der Waals surface area contributed by atoms with Gasteiger partial charge < -0.3 is 9.64 Å². The van der Waals surface area contributed by atoms with E-state index < -0.39 is 0 Å². The SMILES string of the molecule is CC1OCCC1N(C)C(=O)c1cc(Cl)ncc1Cl. The molecule has 0 bridgehead atoms. The Labute approximate surface area is 116 Å². The standard InChI is InChI=1S/C12H14Cl2N2O2/c1-7-10(3-4-18-7)16(2)12(17)8-5-11(14)15-6-9(8)13/h5-7,10H,3-4H2,1-2H3. The van der Waals surface area contributed by atoms with Gasteiger partial charge in [-0.15, -0.1) is 0 Å². The lowest BCUT2D eigenvalue weighted by atomic mass is 10.1. The molecular formula is C12H14Cl2N2O2. The third-order valence-corrected chi connectivity index (χ3v) is 3.71. The Morgan fingerprint density at radius 1 is 1.56 bits per heavy atom.